The van der Waals surface area contributed by atoms with Crippen LogP contribution in [0.2, 0.25) is 0 Å². The topological polar surface area (TPSA) is 35.5 Å². The third-order valence-electron chi connectivity index (χ3n) is 2.82. The van der Waals surface area contributed by atoms with Crippen molar-refractivity contribution in [3.05, 3.63) is 23.4 Å². The minimum Gasteiger partial charge on any atom is -0.395 e. The van der Waals surface area contributed by atoms with E-state index in [2.05, 4.69) is 29.3 Å². The van der Waals surface area contributed by atoms with E-state index >= 15 is 0 Å². The number of aliphatic hydroxyl groups excluding tert-OH is 1. The van der Waals surface area contributed by atoms with E-state index in [1.807, 2.05) is 14.0 Å². The summed E-state index contributed by atoms with van der Waals surface area (Å²) in [5.74, 6) is 0.515. The van der Waals surface area contributed by atoms with Gasteiger partial charge in [-0.1, -0.05) is 19.1 Å². The Bertz CT molecular complexity index is 258. The fourth-order valence-corrected chi connectivity index (χ4v) is 2.25. The molecular weight excluding hydrogens is 188 g/mol. The van der Waals surface area contributed by atoms with Crippen LogP contribution in [0, 0.1) is 5.92 Å². The fraction of sp³-hybridized carbons (Fsp3) is 0.667. The molecular formula is C12H22N2O. The Balaban J connectivity index is 2.82. The first-order valence-corrected chi connectivity index (χ1v) is 5.59. The molecule has 0 aromatic rings. The van der Waals surface area contributed by atoms with Crippen molar-refractivity contribution in [1.29, 1.82) is 0 Å². The monoisotopic (exact) mass is 210 g/mol. The van der Waals surface area contributed by atoms with Crippen LogP contribution >= 0.6 is 0 Å². The standard InChI is InChI=1S/C12H22N2O/c1-4-5-11-9-14(6-7-15)8-10(2)12(11)13-3/h4-5,10,13,15H,6-9H2,1-3H3/b5-4-. The Labute approximate surface area is 92.5 Å². The van der Waals surface area contributed by atoms with E-state index in [0.717, 1.165) is 19.6 Å². The number of hydrogen-bond donors (Lipinski definition) is 2. The molecule has 86 valence electrons. The normalized spacial score (nSPS) is 23.9. The zero-order valence-electron chi connectivity index (χ0n) is 9.95. The molecule has 0 bridgehead atoms. The Morgan fingerprint density at radius 3 is 2.87 bits per heavy atom. The van der Waals surface area contributed by atoms with Gasteiger partial charge in [-0.25, -0.2) is 0 Å². The lowest BCUT2D eigenvalue weighted by atomic mass is 9.96. The summed E-state index contributed by atoms with van der Waals surface area (Å²) in [5.41, 5.74) is 2.68. The Morgan fingerprint density at radius 2 is 2.33 bits per heavy atom. The van der Waals surface area contributed by atoms with Crippen LogP contribution in [0.3, 0.4) is 0 Å². The number of hydrogen-bond acceptors (Lipinski definition) is 3. The molecule has 15 heavy (non-hydrogen) atoms. The first-order chi connectivity index (χ1) is 7.22. The van der Waals surface area contributed by atoms with E-state index in [0.29, 0.717) is 5.92 Å². The highest BCUT2D eigenvalue weighted by Gasteiger charge is 2.22. The lowest BCUT2D eigenvalue weighted by molar-refractivity contribution is 0.185. The molecule has 0 radical (unpaired) electrons. The molecule has 0 aliphatic carbocycles. The number of rotatable bonds is 4. The molecule has 1 unspecified atom stereocenters. The van der Waals surface area contributed by atoms with Crippen LogP contribution in [0.15, 0.2) is 23.4 Å². The maximum absolute atomic E-state index is 8.95. The number of allylic oxidation sites excluding steroid dienone is 1. The molecule has 2 N–H and O–H groups in total. The van der Waals surface area contributed by atoms with Crippen molar-refractivity contribution in [3.63, 3.8) is 0 Å². The molecule has 1 aliphatic heterocycles. The summed E-state index contributed by atoms with van der Waals surface area (Å²) in [5, 5.41) is 12.2. The van der Waals surface area contributed by atoms with E-state index in [9.17, 15) is 0 Å². The Hall–Kier alpha value is -0.800. The Kier molecular flexibility index (Phi) is 4.85. The summed E-state index contributed by atoms with van der Waals surface area (Å²) in [4.78, 5) is 2.29. The summed E-state index contributed by atoms with van der Waals surface area (Å²) in [7, 11) is 1.98. The van der Waals surface area contributed by atoms with Crippen LogP contribution < -0.4 is 5.32 Å². The van der Waals surface area contributed by atoms with Gasteiger partial charge in [-0.15, -0.1) is 0 Å². The van der Waals surface area contributed by atoms with E-state index in [4.69, 9.17) is 5.11 Å². The highest BCUT2D eigenvalue weighted by atomic mass is 16.3. The average molecular weight is 210 g/mol. The van der Waals surface area contributed by atoms with Gasteiger partial charge in [0.05, 0.1) is 6.61 Å². The number of nitrogens with one attached hydrogen (secondary N) is 1. The largest absolute Gasteiger partial charge is 0.395 e. The fourth-order valence-electron chi connectivity index (χ4n) is 2.25. The van der Waals surface area contributed by atoms with Gasteiger partial charge in [0.15, 0.2) is 0 Å². The molecule has 0 spiro atoms. The summed E-state index contributed by atoms with van der Waals surface area (Å²) in [6.45, 7) is 7.23. The molecule has 1 rings (SSSR count). The number of nitrogens with zero attached hydrogens (tertiary/aromatic N) is 1. The molecule has 0 amide bonds. The quantitative estimate of drug-likeness (QED) is 0.726. The van der Waals surface area contributed by atoms with Crippen molar-refractivity contribution in [1.82, 2.24) is 10.2 Å². The molecule has 0 aromatic heterocycles. The van der Waals surface area contributed by atoms with Crippen molar-refractivity contribution in [2.24, 2.45) is 5.92 Å². The molecule has 1 atom stereocenters. The van der Waals surface area contributed by atoms with E-state index in [-0.39, 0.29) is 6.61 Å². The van der Waals surface area contributed by atoms with Crippen LogP contribution in [0.5, 0.6) is 0 Å². The summed E-state index contributed by atoms with van der Waals surface area (Å²) in [6, 6.07) is 0. The Morgan fingerprint density at radius 1 is 1.60 bits per heavy atom. The molecule has 0 saturated carbocycles. The maximum Gasteiger partial charge on any atom is 0.0558 e. The zero-order valence-corrected chi connectivity index (χ0v) is 9.95. The molecule has 1 heterocycles. The van der Waals surface area contributed by atoms with Gasteiger partial charge in [0.25, 0.3) is 0 Å². The number of β-amino-alcohol motifs (C(OH)–C–C–N with tert-alkyl or cyclic N) is 1. The second-order valence-electron chi connectivity index (χ2n) is 4.05. The van der Waals surface area contributed by atoms with E-state index in [1.165, 1.54) is 11.3 Å². The zero-order chi connectivity index (χ0) is 11.3. The lowest BCUT2D eigenvalue weighted by Gasteiger charge is -2.33. The van der Waals surface area contributed by atoms with Gasteiger partial charge in [-0.05, 0) is 12.5 Å². The molecule has 3 nitrogen and oxygen atoms in total. The van der Waals surface area contributed by atoms with Gasteiger partial charge >= 0.3 is 0 Å². The molecule has 0 aromatic carbocycles. The van der Waals surface area contributed by atoms with Crippen molar-refractivity contribution in [2.45, 2.75) is 13.8 Å². The molecule has 3 heteroatoms. The predicted molar refractivity (Wildman–Crippen MR) is 63.6 cm³/mol. The van der Waals surface area contributed by atoms with Gasteiger partial charge in [0, 0.05) is 38.3 Å². The third-order valence-corrected chi connectivity index (χ3v) is 2.82. The average Bonchev–Trinajstić information content (AvgIpc) is 2.18. The van der Waals surface area contributed by atoms with Crippen LogP contribution in [-0.4, -0.2) is 43.3 Å². The summed E-state index contributed by atoms with van der Waals surface area (Å²) >= 11 is 0. The predicted octanol–water partition coefficient (Wildman–Crippen LogP) is 0.980. The minimum atomic E-state index is 0.241. The SMILES string of the molecule is C/C=C\C1=C(NC)C(C)CN(CCO)C1. The van der Waals surface area contributed by atoms with Crippen molar-refractivity contribution < 1.29 is 5.11 Å². The highest BCUT2D eigenvalue weighted by Crippen LogP contribution is 2.21. The van der Waals surface area contributed by atoms with Crippen LogP contribution in [0.4, 0.5) is 0 Å². The van der Waals surface area contributed by atoms with Crippen LogP contribution in [0.25, 0.3) is 0 Å². The highest BCUT2D eigenvalue weighted by molar-refractivity contribution is 5.29. The molecule has 1 aliphatic rings. The smallest absolute Gasteiger partial charge is 0.0558 e. The van der Waals surface area contributed by atoms with E-state index < -0.39 is 0 Å². The van der Waals surface area contributed by atoms with Crippen molar-refractivity contribution in [2.75, 3.05) is 33.3 Å². The van der Waals surface area contributed by atoms with Crippen LogP contribution in [0.1, 0.15) is 13.8 Å². The van der Waals surface area contributed by atoms with Gasteiger partial charge in [0.2, 0.25) is 0 Å². The van der Waals surface area contributed by atoms with Gasteiger partial charge in [0.1, 0.15) is 0 Å². The minimum absolute atomic E-state index is 0.241. The van der Waals surface area contributed by atoms with E-state index in [1.54, 1.807) is 0 Å². The molecule has 0 fully saturated rings. The maximum atomic E-state index is 8.95. The molecule has 0 saturated heterocycles. The van der Waals surface area contributed by atoms with Gasteiger partial charge in [-0.2, -0.15) is 0 Å². The third kappa shape index (κ3) is 3.08. The lowest BCUT2D eigenvalue weighted by Crippen LogP contribution is -2.40. The van der Waals surface area contributed by atoms with Crippen molar-refractivity contribution in [3.8, 4) is 0 Å². The summed E-state index contributed by atoms with van der Waals surface area (Å²) in [6.07, 6.45) is 4.23. The number of aliphatic hydroxyl groups is 1. The summed E-state index contributed by atoms with van der Waals surface area (Å²) < 4.78 is 0. The van der Waals surface area contributed by atoms with Crippen molar-refractivity contribution >= 4 is 0 Å². The first-order valence-electron chi connectivity index (χ1n) is 5.59. The second kappa shape index (κ2) is 5.93. The van der Waals surface area contributed by atoms with Gasteiger partial charge in [-0.3, -0.25) is 4.90 Å². The van der Waals surface area contributed by atoms with Crippen LogP contribution in [-0.2, 0) is 0 Å². The first kappa shape index (κ1) is 12.3. The van der Waals surface area contributed by atoms with Gasteiger partial charge < -0.3 is 10.4 Å². The second-order valence-corrected chi connectivity index (χ2v) is 4.05.